The van der Waals surface area contributed by atoms with E-state index in [0.29, 0.717) is 5.56 Å². The first-order valence-corrected chi connectivity index (χ1v) is 10.9. The van der Waals surface area contributed by atoms with Gasteiger partial charge >= 0.3 is 11.6 Å². The number of phenolic OH excluding ortho intramolecular Hbond substituents is 3. The van der Waals surface area contributed by atoms with E-state index in [9.17, 15) is 34.5 Å². The fraction of sp³-hybridized carbons (Fsp3) is 0.200. The van der Waals surface area contributed by atoms with Crippen molar-refractivity contribution in [2.75, 3.05) is 7.11 Å². The highest BCUT2D eigenvalue weighted by molar-refractivity contribution is 6.28. The highest BCUT2D eigenvalue weighted by Gasteiger charge is 2.53. The summed E-state index contributed by atoms with van der Waals surface area (Å²) >= 11 is 0. The smallest absolute Gasteiger partial charge is 0.371 e. The minimum Gasteiger partial charge on any atom is -0.507 e. The number of methoxy groups -OCH3 is 1. The number of allylic oxidation sites excluding steroid dienone is 1. The summed E-state index contributed by atoms with van der Waals surface area (Å²) in [6.07, 6.45) is 0.104. The van der Waals surface area contributed by atoms with Crippen LogP contribution >= 0.6 is 0 Å². The number of aromatic carboxylic acids is 1. The second-order valence-corrected chi connectivity index (χ2v) is 8.83. The van der Waals surface area contributed by atoms with Gasteiger partial charge in [0.05, 0.1) is 30.2 Å². The number of carboxylic acids is 1. The SMILES string of the molecule is COc1cc(O)c2c(c1O)C(=O)C1=C(C[C@]3(CCc4cc5cc(C(=O)O)oc(=O)c5c(O)c4O3)O1)C2=O. The molecule has 1 spiro atoms. The Labute approximate surface area is 205 Å². The lowest BCUT2D eigenvalue weighted by Crippen LogP contribution is -2.40. The number of fused-ring (bicyclic) bond motifs is 3. The number of hydrogen-bond donors (Lipinski definition) is 4. The third kappa shape index (κ3) is 2.95. The van der Waals surface area contributed by atoms with Gasteiger partial charge in [0.1, 0.15) is 11.1 Å². The summed E-state index contributed by atoms with van der Waals surface area (Å²) in [7, 11) is 1.22. The normalized spacial score (nSPS) is 19.8. The second kappa shape index (κ2) is 7.26. The molecule has 0 amide bonds. The minimum absolute atomic E-state index is 0.0771. The van der Waals surface area contributed by atoms with Crippen molar-refractivity contribution < 1.29 is 53.4 Å². The lowest BCUT2D eigenvalue weighted by atomic mass is 9.84. The molecule has 3 heterocycles. The van der Waals surface area contributed by atoms with Crippen LogP contribution in [-0.4, -0.2) is 50.9 Å². The molecule has 0 radical (unpaired) electrons. The van der Waals surface area contributed by atoms with Gasteiger partial charge in [0.25, 0.3) is 5.79 Å². The average molecular weight is 508 g/mol. The van der Waals surface area contributed by atoms with Crippen LogP contribution in [0.25, 0.3) is 10.8 Å². The number of Topliss-reactive ketones (excluding diaryl/α,β-unsaturated/α-hetero) is 2. The average Bonchev–Trinajstić information content (AvgIpc) is 3.23. The molecule has 1 aromatic heterocycles. The molecule has 12 heteroatoms. The molecular weight excluding hydrogens is 492 g/mol. The number of ketones is 2. The van der Waals surface area contributed by atoms with Crippen LogP contribution in [0.1, 0.15) is 49.7 Å². The van der Waals surface area contributed by atoms with E-state index in [2.05, 4.69) is 0 Å². The van der Waals surface area contributed by atoms with Gasteiger partial charge in [0, 0.05) is 12.5 Å². The lowest BCUT2D eigenvalue weighted by Gasteiger charge is -2.35. The van der Waals surface area contributed by atoms with Gasteiger partial charge in [-0.05, 0) is 29.5 Å². The van der Waals surface area contributed by atoms with Gasteiger partial charge in [-0.3, -0.25) is 9.59 Å². The monoisotopic (exact) mass is 508 g/mol. The van der Waals surface area contributed by atoms with Crippen molar-refractivity contribution in [1.82, 2.24) is 0 Å². The second-order valence-electron chi connectivity index (χ2n) is 8.83. The van der Waals surface area contributed by atoms with Crippen LogP contribution < -0.4 is 15.1 Å². The molecule has 12 nitrogen and oxygen atoms in total. The van der Waals surface area contributed by atoms with Crippen molar-refractivity contribution in [2.45, 2.75) is 25.0 Å². The fourth-order valence-electron chi connectivity index (χ4n) is 5.05. The molecule has 0 unspecified atom stereocenters. The van der Waals surface area contributed by atoms with E-state index in [1.165, 1.54) is 13.2 Å². The van der Waals surface area contributed by atoms with Crippen molar-refractivity contribution in [3.63, 3.8) is 0 Å². The molecule has 0 saturated heterocycles. The van der Waals surface area contributed by atoms with E-state index >= 15 is 0 Å². The number of benzene rings is 2. The van der Waals surface area contributed by atoms with Gasteiger partial charge in [-0.25, -0.2) is 9.59 Å². The molecule has 37 heavy (non-hydrogen) atoms. The maximum Gasteiger partial charge on any atom is 0.371 e. The molecular formula is C25H16O12. The Hall–Kier alpha value is -5.00. The van der Waals surface area contributed by atoms with Gasteiger partial charge in [-0.15, -0.1) is 0 Å². The summed E-state index contributed by atoms with van der Waals surface area (Å²) in [6.45, 7) is 0. The van der Waals surface area contributed by atoms with Gasteiger partial charge in [-0.2, -0.15) is 0 Å². The Bertz CT molecular complexity index is 1710. The highest BCUT2D eigenvalue weighted by Crippen LogP contribution is 2.52. The zero-order chi connectivity index (χ0) is 26.4. The summed E-state index contributed by atoms with van der Waals surface area (Å²) in [4.78, 5) is 50.2. The zero-order valence-electron chi connectivity index (χ0n) is 18.9. The molecule has 1 aliphatic carbocycles. The Balaban J connectivity index is 1.41. The standard InChI is InChI=1S/C25H16O12/c1-34-12-6-11(26)15-16(18(12)28)20(30)22-10(17(15)27)7-25(37-22)3-2-8-4-9-5-13(23(31)32)35-24(33)14(9)19(29)21(8)36-25/h4-6,26,28-29H,2-3,7H2,1H3,(H,31,32)/t25-/m0/s1. The van der Waals surface area contributed by atoms with Crippen molar-refractivity contribution in [3.05, 3.63) is 62.4 Å². The molecule has 4 N–H and O–H groups in total. The molecule has 2 aliphatic heterocycles. The van der Waals surface area contributed by atoms with E-state index in [1.54, 1.807) is 0 Å². The Morgan fingerprint density at radius 3 is 2.46 bits per heavy atom. The number of hydrogen-bond acceptors (Lipinski definition) is 11. The molecule has 188 valence electrons. The van der Waals surface area contributed by atoms with E-state index in [-0.39, 0.29) is 58.4 Å². The third-order valence-corrected chi connectivity index (χ3v) is 6.74. The quantitative estimate of drug-likeness (QED) is 0.370. The first kappa shape index (κ1) is 22.5. The molecule has 6 rings (SSSR count). The van der Waals surface area contributed by atoms with Gasteiger partial charge in [-0.1, -0.05) is 0 Å². The fourth-order valence-corrected chi connectivity index (χ4v) is 5.05. The van der Waals surface area contributed by atoms with Crippen LogP contribution in [0.4, 0.5) is 0 Å². The van der Waals surface area contributed by atoms with Crippen molar-refractivity contribution >= 4 is 28.3 Å². The van der Waals surface area contributed by atoms with Gasteiger partial charge < -0.3 is 39.1 Å². The zero-order valence-corrected chi connectivity index (χ0v) is 18.9. The number of carbonyl (C=O) groups is 3. The molecule has 0 fully saturated rings. The molecule has 2 aromatic carbocycles. The summed E-state index contributed by atoms with van der Waals surface area (Å²) in [6, 6.07) is 3.61. The lowest BCUT2D eigenvalue weighted by molar-refractivity contribution is -0.148. The molecule has 3 aromatic rings. The number of aromatic hydroxyl groups is 3. The highest BCUT2D eigenvalue weighted by atomic mass is 16.7. The molecule has 3 aliphatic rings. The number of carbonyl (C=O) groups excluding carboxylic acids is 2. The Morgan fingerprint density at radius 1 is 1.00 bits per heavy atom. The van der Waals surface area contributed by atoms with Crippen LogP contribution in [0.15, 0.2) is 38.7 Å². The van der Waals surface area contributed by atoms with E-state index in [4.69, 9.17) is 23.7 Å². The van der Waals surface area contributed by atoms with E-state index in [1.807, 2.05) is 0 Å². The van der Waals surface area contributed by atoms with Crippen LogP contribution in [0.3, 0.4) is 0 Å². The van der Waals surface area contributed by atoms with E-state index < -0.39 is 57.5 Å². The Kier molecular flexibility index (Phi) is 4.41. The number of carboxylic acid groups (broad SMARTS) is 1. The van der Waals surface area contributed by atoms with Gasteiger partial charge in [0.15, 0.2) is 34.5 Å². The van der Waals surface area contributed by atoms with Crippen LogP contribution in [-0.2, 0) is 11.2 Å². The number of aryl methyl sites for hydroxylation is 1. The molecule has 0 saturated carbocycles. The minimum atomic E-state index is -1.60. The maximum absolute atomic E-state index is 13.3. The van der Waals surface area contributed by atoms with E-state index in [0.717, 1.165) is 12.1 Å². The number of rotatable bonds is 2. The topological polar surface area (TPSA) is 190 Å². The summed E-state index contributed by atoms with van der Waals surface area (Å²) in [5.74, 6) is -7.75. The number of ether oxygens (including phenoxy) is 3. The molecule has 1 atom stereocenters. The predicted molar refractivity (Wildman–Crippen MR) is 121 cm³/mol. The number of phenols is 3. The first-order chi connectivity index (χ1) is 17.5. The van der Waals surface area contributed by atoms with Crippen molar-refractivity contribution in [2.24, 2.45) is 0 Å². The third-order valence-electron chi connectivity index (χ3n) is 6.74. The van der Waals surface area contributed by atoms with Crippen LogP contribution in [0.2, 0.25) is 0 Å². The maximum atomic E-state index is 13.3. The first-order valence-electron chi connectivity index (χ1n) is 10.9. The van der Waals surface area contributed by atoms with Gasteiger partial charge in [0.2, 0.25) is 11.5 Å². The summed E-state index contributed by atoms with van der Waals surface area (Å²) < 4.78 is 21.6. The largest absolute Gasteiger partial charge is 0.507 e. The van der Waals surface area contributed by atoms with Crippen LogP contribution in [0, 0.1) is 0 Å². The summed E-state index contributed by atoms with van der Waals surface area (Å²) in [5.41, 5.74) is -1.59. The predicted octanol–water partition coefficient (Wildman–Crippen LogP) is 2.39. The molecule has 0 bridgehead atoms. The van der Waals surface area contributed by atoms with Crippen molar-refractivity contribution in [3.8, 4) is 28.7 Å². The van der Waals surface area contributed by atoms with Crippen molar-refractivity contribution in [1.29, 1.82) is 0 Å². The van der Waals surface area contributed by atoms with Crippen LogP contribution in [0.5, 0.6) is 28.7 Å². The Morgan fingerprint density at radius 2 is 1.76 bits per heavy atom. The summed E-state index contributed by atoms with van der Waals surface area (Å²) in [5, 5.41) is 40.7.